The molecule has 1 fully saturated rings. The zero-order valence-corrected chi connectivity index (χ0v) is 13.2. The Balaban J connectivity index is 1.99. The molecule has 0 radical (unpaired) electrons. The maximum Gasteiger partial charge on any atom is 0.203 e. The van der Waals surface area contributed by atoms with Crippen LogP contribution in [-0.2, 0) is 0 Å². The predicted molar refractivity (Wildman–Crippen MR) is 83.2 cm³/mol. The highest BCUT2D eigenvalue weighted by atomic mass is 79.9. The van der Waals surface area contributed by atoms with Crippen molar-refractivity contribution in [2.24, 2.45) is 0 Å². The van der Waals surface area contributed by atoms with Crippen LogP contribution in [0, 0.1) is 6.92 Å². The van der Waals surface area contributed by atoms with E-state index in [4.69, 9.17) is 0 Å². The topological polar surface area (TPSA) is 17.1 Å². The summed E-state index contributed by atoms with van der Waals surface area (Å²) >= 11 is 5.03. The molecular formula is C16H15BrOS. The molecule has 3 rings (SSSR count). The van der Waals surface area contributed by atoms with Gasteiger partial charge >= 0.3 is 0 Å². The Morgan fingerprint density at radius 3 is 2.63 bits per heavy atom. The lowest BCUT2D eigenvalue weighted by molar-refractivity contribution is 0.104. The van der Waals surface area contributed by atoms with E-state index >= 15 is 0 Å². The van der Waals surface area contributed by atoms with Crippen LogP contribution in [0.25, 0.3) is 0 Å². The number of ketones is 1. The fourth-order valence-corrected chi connectivity index (χ4v) is 3.97. The van der Waals surface area contributed by atoms with Gasteiger partial charge in [0, 0.05) is 5.56 Å². The largest absolute Gasteiger partial charge is 0.288 e. The summed E-state index contributed by atoms with van der Waals surface area (Å²) in [7, 11) is 0. The molecular weight excluding hydrogens is 320 g/mol. The Hall–Kier alpha value is -0.930. The minimum Gasteiger partial charge on any atom is -0.288 e. The third-order valence-electron chi connectivity index (χ3n) is 3.83. The summed E-state index contributed by atoms with van der Waals surface area (Å²) in [6.07, 6.45) is 3.73. The van der Waals surface area contributed by atoms with Crippen molar-refractivity contribution in [3.8, 4) is 0 Å². The van der Waals surface area contributed by atoms with Crippen LogP contribution < -0.4 is 0 Å². The smallest absolute Gasteiger partial charge is 0.203 e. The third kappa shape index (κ3) is 2.41. The lowest BCUT2D eigenvalue weighted by Crippen LogP contribution is -2.13. The van der Waals surface area contributed by atoms with E-state index in [-0.39, 0.29) is 5.78 Å². The summed E-state index contributed by atoms with van der Waals surface area (Å²) in [6, 6.07) is 10.1. The van der Waals surface area contributed by atoms with Crippen LogP contribution in [0.4, 0.5) is 0 Å². The highest BCUT2D eigenvalue weighted by molar-refractivity contribution is 9.11. The van der Waals surface area contributed by atoms with Gasteiger partial charge in [-0.1, -0.05) is 30.7 Å². The second-order valence-corrected chi connectivity index (χ2v) is 7.48. The summed E-state index contributed by atoms with van der Waals surface area (Å²) < 4.78 is 1.05. The standard InChI is InChI=1S/C16H15BrOS/c1-10-9-14(19-16(10)17)15(18)13-8-3-2-7-12(13)11-5-4-6-11/h2-3,7-9,11H,4-6H2,1H3. The summed E-state index contributed by atoms with van der Waals surface area (Å²) in [6.45, 7) is 2.02. The summed E-state index contributed by atoms with van der Waals surface area (Å²) in [4.78, 5) is 13.5. The van der Waals surface area contributed by atoms with Gasteiger partial charge in [-0.05, 0) is 58.8 Å². The average molecular weight is 335 g/mol. The van der Waals surface area contributed by atoms with Gasteiger partial charge in [-0.3, -0.25) is 4.79 Å². The first-order chi connectivity index (χ1) is 9.16. The molecule has 0 aliphatic heterocycles. The van der Waals surface area contributed by atoms with E-state index in [1.165, 1.54) is 36.2 Å². The number of carbonyl (C=O) groups is 1. The first kappa shape index (κ1) is 13.1. The number of rotatable bonds is 3. The molecule has 98 valence electrons. The molecule has 1 aromatic carbocycles. The van der Waals surface area contributed by atoms with Crippen LogP contribution in [0.5, 0.6) is 0 Å². The van der Waals surface area contributed by atoms with E-state index in [1.807, 2.05) is 31.2 Å². The van der Waals surface area contributed by atoms with Gasteiger partial charge in [-0.15, -0.1) is 11.3 Å². The Morgan fingerprint density at radius 2 is 2.05 bits per heavy atom. The fourth-order valence-electron chi connectivity index (χ4n) is 2.48. The molecule has 0 unspecified atom stereocenters. The van der Waals surface area contributed by atoms with Gasteiger partial charge in [0.25, 0.3) is 0 Å². The molecule has 0 N–H and O–H groups in total. The monoisotopic (exact) mass is 334 g/mol. The molecule has 0 bridgehead atoms. The van der Waals surface area contributed by atoms with Gasteiger partial charge in [0.1, 0.15) is 0 Å². The Bertz CT molecular complexity index is 606. The molecule has 1 aromatic heterocycles. The lowest BCUT2D eigenvalue weighted by atomic mass is 9.77. The van der Waals surface area contributed by atoms with Crippen molar-refractivity contribution in [2.75, 3.05) is 0 Å². The van der Waals surface area contributed by atoms with Crippen molar-refractivity contribution >= 4 is 33.0 Å². The van der Waals surface area contributed by atoms with Gasteiger partial charge in [0.15, 0.2) is 0 Å². The molecule has 0 amide bonds. The van der Waals surface area contributed by atoms with Crippen LogP contribution in [0.15, 0.2) is 34.1 Å². The van der Waals surface area contributed by atoms with E-state index in [0.717, 1.165) is 19.8 Å². The number of benzene rings is 1. The Kier molecular flexibility index (Phi) is 3.59. The maximum atomic E-state index is 12.7. The van der Waals surface area contributed by atoms with E-state index in [1.54, 1.807) is 0 Å². The maximum absolute atomic E-state index is 12.7. The fraction of sp³-hybridized carbons (Fsp3) is 0.312. The lowest BCUT2D eigenvalue weighted by Gasteiger charge is -2.27. The molecule has 0 saturated heterocycles. The molecule has 1 nitrogen and oxygen atoms in total. The minimum atomic E-state index is 0.168. The van der Waals surface area contributed by atoms with Crippen LogP contribution in [-0.4, -0.2) is 5.78 Å². The molecule has 1 aliphatic carbocycles. The molecule has 19 heavy (non-hydrogen) atoms. The highest BCUT2D eigenvalue weighted by Gasteiger charge is 2.25. The Morgan fingerprint density at radius 1 is 1.32 bits per heavy atom. The van der Waals surface area contributed by atoms with E-state index in [9.17, 15) is 4.79 Å². The second kappa shape index (κ2) is 5.22. The molecule has 1 saturated carbocycles. The van der Waals surface area contributed by atoms with Crippen molar-refractivity contribution in [3.05, 3.63) is 55.7 Å². The number of hydrogen-bond acceptors (Lipinski definition) is 2. The van der Waals surface area contributed by atoms with Crippen molar-refractivity contribution in [1.29, 1.82) is 0 Å². The SMILES string of the molecule is Cc1cc(C(=O)c2ccccc2C2CCC2)sc1Br. The molecule has 1 heterocycles. The summed E-state index contributed by atoms with van der Waals surface area (Å²) in [5.41, 5.74) is 3.26. The van der Waals surface area contributed by atoms with Crippen LogP contribution in [0.1, 0.15) is 51.5 Å². The van der Waals surface area contributed by atoms with Crippen molar-refractivity contribution in [2.45, 2.75) is 32.1 Å². The van der Waals surface area contributed by atoms with E-state index in [0.29, 0.717) is 5.92 Å². The Labute approximate surface area is 125 Å². The average Bonchev–Trinajstić information content (AvgIpc) is 2.67. The van der Waals surface area contributed by atoms with Gasteiger partial charge < -0.3 is 0 Å². The zero-order valence-electron chi connectivity index (χ0n) is 10.8. The molecule has 2 aromatic rings. The highest BCUT2D eigenvalue weighted by Crippen LogP contribution is 2.39. The van der Waals surface area contributed by atoms with Gasteiger partial charge in [0.05, 0.1) is 8.66 Å². The quantitative estimate of drug-likeness (QED) is 0.694. The number of hydrogen-bond donors (Lipinski definition) is 0. The van der Waals surface area contributed by atoms with Crippen molar-refractivity contribution in [1.82, 2.24) is 0 Å². The number of aryl methyl sites for hydroxylation is 1. The van der Waals surface area contributed by atoms with Gasteiger partial charge in [-0.25, -0.2) is 0 Å². The summed E-state index contributed by atoms with van der Waals surface area (Å²) in [5, 5.41) is 0. The molecule has 1 aliphatic rings. The zero-order chi connectivity index (χ0) is 13.4. The number of carbonyl (C=O) groups excluding carboxylic acids is 1. The van der Waals surface area contributed by atoms with Gasteiger partial charge in [0.2, 0.25) is 5.78 Å². The van der Waals surface area contributed by atoms with Crippen LogP contribution in [0.3, 0.4) is 0 Å². The van der Waals surface area contributed by atoms with Crippen molar-refractivity contribution in [3.63, 3.8) is 0 Å². The first-order valence-electron chi connectivity index (χ1n) is 6.56. The normalized spacial score (nSPS) is 15.3. The number of thiophene rings is 1. The molecule has 3 heteroatoms. The third-order valence-corrected chi connectivity index (χ3v) is 5.97. The first-order valence-corrected chi connectivity index (χ1v) is 8.17. The van der Waals surface area contributed by atoms with Crippen LogP contribution in [0.2, 0.25) is 0 Å². The molecule has 0 spiro atoms. The van der Waals surface area contributed by atoms with Gasteiger partial charge in [-0.2, -0.15) is 0 Å². The second-order valence-electron chi connectivity index (χ2n) is 5.11. The number of halogens is 1. The predicted octanol–water partition coefficient (Wildman–Crippen LogP) is 5.32. The van der Waals surface area contributed by atoms with E-state index < -0.39 is 0 Å². The minimum absolute atomic E-state index is 0.168. The van der Waals surface area contributed by atoms with E-state index in [2.05, 4.69) is 22.0 Å². The van der Waals surface area contributed by atoms with Crippen LogP contribution >= 0.6 is 27.3 Å². The molecule has 0 atom stereocenters. The summed E-state index contributed by atoms with van der Waals surface area (Å²) in [5.74, 6) is 0.756. The van der Waals surface area contributed by atoms with Crippen molar-refractivity contribution < 1.29 is 4.79 Å².